The average Bonchev–Trinajstić information content (AvgIpc) is 3.38. The van der Waals surface area contributed by atoms with Crippen LogP contribution in [0, 0.1) is 17.8 Å². The largest absolute Gasteiger partial charge is 0.459 e. The van der Waals surface area contributed by atoms with E-state index in [2.05, 4.69) is 61.7 Å². The van der Waals surface area contributed by atoms with Gasteiger partial charge in [0.2, 0.25) is 18.0 Å². The molecule has 1 amide bonds. The van der Waals surface area contributed by atoms with E-state index in [9.17, 15) is 15.0 Å². The van der Waals surface area contributed by atoms with Crippen molar-refractivity contribution in [3.63, 3.8) is 0 Å². The van der Waals surface area contributed by atoms with E-state index in [1.54, 1.807) is 6.08 Å². The van der Waals surface area contributed by atoms with Crippen molar-refractivity contribution in [1.29, 1.82) is 0 Å². The maximum absolute atomic E-state index is 14.9. The predicted octanol–water partition coefficient (Wildman–Crippen LogP) is 13.5. The third-order valence-corrected chi connectivity index (χ3v) is 14.9. The van der Waals surface area contributed by atoms with Crippen LogP contribution in [0.4, 0.5) is 0 Å². The number of fused-ring (bicyclic) bond motifs is 2. The minimum Gasteiger partial charge on any atom is -0.459 e. The highest BCUT2D eigenvalue weighted by atomic mass is 16.8. The Morgan fingerprint density at radius 2 is 1.54 bits per heavy atom. The lowest BCUT2D eigenvalue weighted by molar-refractivity contribution is -0.257. The van der Waals surface area contributed by atoms with Gasteiger partial charge in [-0.15, -0.1) is 6.58 Å². The van der Waals surface area contributed by atoms with Crippen LogP contribution in [0.1, 0.15) is 160 Å². The monoisotopic (exact) mass is 947 g/mol. The highest BCUT2D eigenvalue weighted by Crippen LogP contribution is 2.62. The van der Waals surface area contributed by atoms with Crippen LogP contribution in [0.5, 0.6) is 17.2 Å². The summed E-state index contributed by atoms with van der Waals surface area (Å²) in [6.45, 7) is 10.2. The molecule has 3 aromatic rings. The lowest BCUT2D eigenvalue weighted by Crippen LogP contribution is -2.70. The lowest BCUT2D eigenvalue weighted by atomic mass is 9.55. The standard InChI is InChI=1S/C59H82N2O8/c1-4-7-8-9-10-11-12-13-17-28-55(64)61(36-5-2)54-43-52(60-69-56-29-20-23-40-65-56)50-41-46(26-18-21-37-62)49(27-19-22-38-63)57-51-42-48(34-35-53(51)68-59(54,58(50)57)66-39-6-3)67-47-32-30-45(31-33-47)44-24-15-14-16-25-44/h6,14-16,24-25,30-35,41-42,46,49,54,56-58,62-63H,3-5,7-13,17-23,26-29,36-40,43H2,1-2H3/t46-,49+,54-,56?,57+,58+,59+/m0/s1. The van der Waals surface area contributed by atoms with E-state index in [0.29, 0.717) is 44.6 Å². The fourth-order valence-corrected chi connectivity index (χ4v) is 11.5. The number of nitrogens with zero attached hydrogens (tertiary/aromatic N) is 2. The van der Waals surface area contributed by atoms with Crippen LogP contribution >= 0.6 is 0 Å². The van der Waals surface area contributed by atoms with Crippen molar-refractivity contribution in [3.05, 3.63) is 103 Å². The summed E-state index contributed by atoms with van der Waals surface area (Å²) in [5, 5.41) is 25.2. The summed E-state index contributed by atoms with van der Waals surface area (Å²) in [6.07, 6.45) is 23.6. The Morgan fingerprint density at radius 3 is 2.23 bits per heavy atom. The first-order valence-corrected chi connectivity index (χ1v) is 26.9. The normalized spacial score (nSPS) is 24.4. The van der Waals surface area contributed by atoms with Gasteiger partial charge in [0, 0.05) is 50.5 Å². The number of carbonyl (C=O) groups excluding carboxylic acids is 1. The third kappa shape index (κ3) is 13.5. The summed E-state index contributed by atoms with van der Waals surface area (Å²) in [7, 11) is 0. The van der Waals surface area contributed by atoms with E-state index in [0.717, 1.165) is 110 Å². The molecular formula is C59H82N2O8. The zero-order chi connectivity index (χ0) is 48.3. The molecule has 7 rings (SSSR count). The molecule has 1 unspecified atom stereocenters. The van der Waals surface area contributed by atoms with Crippen molar-refractivity contribution < 1.29 is 38.8 Å². The molecule has 0 spiro atoms. The molecule has 0 aromatic heterocycles. The summed E-state index contributed by atoms with van der Waals surface area (Å²) in [6, 6.07) is 24.2. The molecular weight excluding hydrogens is 865 g/mol. The van der Waals surface area contributed by atoms with Crippen molar-refractivity contribution in [2.75, 3.05) is 33.0 Å². The second-order valence-electron chi connectivity index (χ2n) is 19.8. The van der Waals surface area contributed by atoms with Gasteiger partial charge in [-0.1, -0.05) is 138 Å². The predicted molar refractivity (Wildman–Crippen MR) is 275 cm³/mol. The average molecular weight is 947 g/mol. The van der Waals surface area contributed by atoms with Crippen molar-refractivity contribution in [1.82, 2.24) is 4.90 Å². The molecule has 2 N–H and O–H groups in total. The van der Waals surface area contributed by atoms with Crippen molar-refractivity contribution in [2.45, 2.75) is 173 Å². The second-order valence-corrected chi connectivity index (χ2v) is 19.8. The summed E-state index contributed by atoms with van der Waals surface area (Å²) in [5.74, 6) is 0.680. The van der Waals surface area contributed by atoms with Crippen LogP contribution in [-0.2, 0) is 19.1 Å². The number of benzene rings is 3. The Kier molecular flexibility index (Phi) is 20.6. The highest BCUT2D eigenvalue weighted by molar-refractivity contribution is 6.03. The minimum atomic E-state index is -1.29. The number of amides is 1. The van der Waals surface area contributed by atoms with Gasteiger partial charge in [-0.2, -0.15) is 0 Å². The molecule has 0 bridgehead atoms. The van der Waals surface area contributed by atoms with Crippen LogP contribution < -0.4 is 9.47 Å². The van der Waals surface area contributed by atoms with Gasteiger partial charge in [-0.25, -0.2) is 0 Å². The van der Waals surface area contributed by atoms with Crippen molar-refractivity contribution >= 4 is 11.6 Å². The van der Waals surface area contributed by atoms with Crippen molar-refractivity contribution in [3.8, 4) is 28.4 Å². The Morgan fingerprint density at radius 1 is 0.826 bits per heavy atom. The van der Waals surface area contributed by atoms with E-state index < -0.39 is 18.1 Å². The zero-order valence-electron chi connectivity index (χ0n) is 41.9. The number of aliphatic hydroxyl groups is 2. The first kappa shape index (κ1) is 52.3. The minimum absolute atomic E-state index is 0.110. The molecule has 7 atom stereocenters. The zero-order valence-corrected chi connectivity index (χ0v) is 41.9. The van der Waals surface area contributed by atoms with Gasteiger partial charge >= 0.3 is 0 Å². The highest BCUT2D eigenvalue weighted by Gasteiger charge is 2.65. The molecule has 1 saturated carbocycles. The molecule has 2 aliphatic heterocycles. The summed E-state index contributed by atoms with van der Waals surface area (Å²) in [5.41, 5.74) is 5.12. The van der Waals surface area contributed by atoms with Crippen LogP contribution in [0.25, 0.3) is 11.1 Å². The Labute approximate surface area is 413 Å². The molecule has 376 valence electrons. The van der Waals surface area contributed by atoms with Gasteiger partial charge in [-0.05, 0) is 110 Å². The molecule has 2 fully saturated rings. The number of unbranched alkanes of at least 4 members (excludes halogenated alkanes) is 10. The fraction of sp³-hybridized carbons (Fsp3) is 0.593. The quantitative estimate of drug-likeness (QED) is 0.0401. The molecule has 10 heteroatoms. The van der Waals surface area contributed by atoms with Gasteiger partial charge in [0.05, 0.1) is 24.8 Å². The Balaban J connectivity index is 1.31. The summed E-state index contributed by atoms with van der Waals surface area (Å²) in [4.78, 5) is 23.3. The fourth-order valence-electron chi connectivity index (χ4n) is 11.5. The molecule has 3 aromatic carbocycles. The van der Waals surface area contributed by atoms with Crippen LogP contribution in [0.2, 0.25) is 0 Å². The third-order valence-electron chi connectivity index (χ3n) is 14.9. The molecule has 2 heterocycles. The molecule has 69 heavy (non-hydrogen) atoms. The second kappa shape index (κ2) is 27.2. The number of rotatable bonds is 29. The van der Waals surface area contributed by atoms with Gasteiger partial charge in [0.15, 0.2) is 0 Å². The number of ether oxygens (including phenoxy) is 4. The SMILES string of the molecule is C=CCO[C@@]12Oc3ccc(Oc4ccc(-c5ccccc5)cc4)cc3[C@H]3[C@H](CCCCO)[C@@H](CCCCO)C=C(C(=NOC4CCCCO4)C[C@@H]1N(CCC)C(=O)CCCCCCCCCCC)[C@H]32. The molecule has 10 nitrogen and oxygen atoms in total. The first-order valence-electron chi connectivity index (χ1n) is 26.9. The van der Waals surface area contributed by atoms with E-state index in [1.807, 2.05) is 42.5 Å². The van der Waals surface area contributed by atoms with Crippen LogP contribution in [-0.4, -0.2) is 77.8 Å². The smallest absolute Gasteiger partial charge is 0.239 e. The number of oxime groups is 1. The maximum atomic E-state index is 14.9. The number of aliphatic hydroxyl groups excluding tert-OH is 2. The molecule has 0 radical (unpaired) electrons. The van der Waals surface area contributed by atoms with E-state index in [-0.39, 0.29) is 49.4 Å². The first-order chi connectivity index (χ1) is 33.9. The van der Waals surface area contributed by atoms with Crippen LogP contribution in [0.3, 0.4) is 0 Å². The van der Waals surface area contributed by atoms with E-state index >= 15 is 0 Å². The number of hydrogen-bond acceptors (Lipinski definition) is 9. The van der Waals surface area contributed by atoms with E-state index in [1.165, 1.54) is 38.5 Å². The van der Waals surface area contributed by atoms with Crippen molar-refractivity contribution in [2.24, 2.45) is 22.9 Å². The topological polar surface area (TPSA) is 119 Å². The molecule has 4 aliphatic rings. The van der Waals surface area contributed by atoms with Gasteiger partial charge < -0.3 is 38.9 Å². The van der Waals surface area contributed by atoms with Gasteiger partial charge in [0.1, 0.15) is 23.3 Å². The number of hydrogen-bond donors (Lipinski definition) is 2. The summed E-state index contributed by atoms with van der Waals surface area (Å²) < 4.78 is 27.5. The lowest BCUT2D eigenvalue weighted by Gasteiger charge is -2.60. The number of carbonyl (C=O) groups is 1. The van der Waals surface area contributed by atoms with Gasteiger partial charge in [0.25, 0.3) is 0 Å². The van der Waals surface area contributed by atoms with E-state index in [4.69, 9.17) is 28.9 Å². The van der Waals surface area contributed by atoms with Gasteiger partial charge in [-0.3, -0.25) is 4.79 Å². The molecule has 1 saturated heterocycles. The Bertz CT molecular complexity index is 2080. The summed E-state index contributed by atoms with van der Waals surface area (Å²) >= 11 is 0. The Hall–Kier alpha value is -4.48. The maximum Gasteiger partial charge on any atom is 0.239 e. The molecule has 2 aliphatic carbocycles. The van der Waals surface area contributed by atoms with Crippen LogP contribution in [0.15, 0.2) is 102 Å². The number of allylic oxidation sites excluding steroid dienone is 1.